The minimum Gasteiger partial charge on any atom is -0.399 e. The van der Waals surface area contributed by atoms with Gasteiger partial charge in [0.2, 0.25) is 10.0 Å². The number of aromatic nitrogens is 2. The van der Waals surface area contributed by atoms with Crippen LogP contribution in [0.3, 0.4) is 0 Å². The molecule has 2 aromatic rings. The van der Waals surface area contributed by atoms with Crippen LogP contribution in [0.25, 0.3) is 11.0 Å². The number of aliphatic hydroxyl groups excluding tert-OH is 1. The first kappa shape index (κ1) is 13.8. The van der Waals surface area contributed by atoms with E-state index >= 15 is 0 Å². The van der Waals surface area contributed by atoms with Gasteiger partial charge in [0.25, 0.3) is 0 Å². The molecule has 7 nitrogen and oxygen atoms in total. The van der Waals surface area contributed by atoms with E-state index in [0.29, 0.717) is 17.0 Å². The lowest BCUT2D eigenvalue weighted by molar-refractivity contribution is 0.266. The van der Waals surface area contributed by atoms with Crippen LogP contribution in [0.4, 0.5) is 5.69 Å². The van der Waals surface area contributed by atoms with Crippen LogP contribution < -0.4 is 10.5 Å². The van der Waals surface area contributed by atoms with Gasteiger partial charge >= 0.3 is 0 Å². The average Bonchev–Trinajstić information content (AvgIpc) is 2.73. The number of hydrogen-bond acceptors (Lipinski definition) is 5. The fraction of sp³-hybridized carbons (Fsp3) is 0.364. The van der Waals surface area contributed by atoms with Crippen LogP contribution in [0, 0.1) is 0 Å². The topological polar surface area (TPSA) is 110 Å². The summed E-state index contributed by atoms with van der Waals surface area (Å²) in [6.07, 6.45) is 0. The number of hydrogen-bond donors (Lipinski definition) is 3. The van der Waals surface area contributed by atoms with Crippen LogP contribution >= 0.6 is 0 Å². The SMILES string of the molecule is CNS(=O)(=O)CCn1c(CO)nc2cc(N)ccc21. The largest absolute Gasteiger partial charge is 0.399 e. The zero-order valence-electron chi connectivity index (χ0n) is 10.5. The highest BCUT2D eigenvalue weighted by molar-refractivity contribution is 7.89. The van der Waals surface area contributed by atoms with E-state index in [0.717, 1.165) is 5.52 Å². The molecule has 2 rings (SSSR count). The van der Waals surface area contributed by atoms with Gasteiger partial charge < -0.3 is 15.4 Å². The first-order valence-corrected chi connectivity index (χ1v) is 7.39. The van der Waals surface area contributed by atoms with Crippen molar-refractivity contribution in [1.82, 2.24) is 14.3 Å². The van der Waals surface area contributed by atoms with Crippen molar-refractivity contribution in [2.24, 2.45) is 0 Å². The maximum absolute atomic E-state index is 11.5. The molecule has 8 heteroatoms. The lowest BCUT2D eigenvalue weighted by Gasteiger charge is -2.08. The molecule has 1 aromatic carbocycles. The molecule has 104 valence electrons. The third kappa shape index (κ3) is 2.86. The molecular formula is C11H16N4O3S. The van der Waals surface area contributed by atoms with E-state index in [1.807, 2.05) is 0 Å². The number of sulfonamides is 1. The Morgan fingerprint density at radius 3 is 2.84 bits per heavy atom. The predicted octanol–water partition coefficient (Wildman–Crippen LogP) is -0.340. The number of nitrogens with zero attached hydrogens (tertiary/aromatic N) is 2. The van der Waals surface area contributed by atoms with Gasteiger partial charge in [-0.3, -0.25) is 0 Å². The molecule has 0 fully saturated rings. The van der Waals surface area contributed by atoms with Crippen molar-refractivity contribution in [2.75, 3.05) is 18.5 Å². The van der Waals surface area contributed by atoms with Crippen molar-refractivity contribution in [1.29, 1.82) is 0 Å². The molecule has 0 spiro atoms. The van der Waals surface area contributed by atoms with E-state index in [9.17, 15) is 13.5 Å². The fourth-order valence-electron chi connectivity index (χ4n) is 1.88. The number of rotatable bonds is 5. The lowest BCUT2D eigenvalue weighted by atomic mass is 10.3. The Balaban J connectivity index is 2.41. The van der Waals surface area contributed by atoms with E-state index < -0.39 is 10.0 Å². The monoisotopic (exact) mass is 284 g/mol. The Labute approximate surface area is 111 Å². The normalized spacial score (nSPS) is 12.1. The van der Waals surface area contributed by atoms with Crippen molar-refractivity contribution in [3.8, 4) is 0 Å². The van der Waals surface area contributed by atoms with E-state index in [-0.39, 0.29) is 18.9 Å². The van der Waals surface area contributed by atoms with Crippen molar-refractivity contribution in [2.45, 2.75) is 13.2 Å². The van der Waals surface area contributed by atoms with E-state index in [2.05, 4.69) is 9.71 Å². The number of benzene rings is 1. The van der Waals surface area contributed by atoms with Crippen LogP contribution in [0.15, 0.2) is 18.2 Å². The van der Waals surface area contributed by atoms with Crippen molar-refractivity contribution >= 4 is 26.7 Å². The van der Waals surface area contributed by atoms with Gasteiger partial charge in [-0.1, -0.05) is 0 Å². The summed E-state index contributed by atoms with van der Waals surface area (Å²) in [7, 11) is -1.93. The highest BCUT2D eigenvalue weighted by atomic mass is 32.2. The number of fused-ring (bicyclic) bond motifs is 1. The van der Waals surface area contributed by atoms with Gasteiger partial charge in [-0.2, -0.15) is 0 Å². The number of aliphatic hydroxyl groups is 1. The zero-order valence-corrected chi connectivity index (χ0v) is 11.3. The molecule has 0 atom stereocenters. The van der Waals surface area contributed by atoms with Gasteiger partial charge in [0.1, 0.15) is 12.4 Å². The minimum atomic E-state index is -3.30. The third-order valence-electron chi connectivity index (χ3n) is 2.89. The summed E-state index contributed by atoms with van der Waals surface area (Å²) in [4.78, 5) is 4.24. The maximum atomic E-state index is 11.5. The number of anilines is 1. The summed E-state index contributed by atoms with van der Waals surface area (Å²) in [5.74, 6) is 0.346. The van der Waals surface area contributed by atoms with Gasteiger partial charge in [-0.25, -0.2) is 18.1 Å². The Morgan fingerprint density at radius 1 is 1.47 bits per heavy atom. The number of aryl methyl sites for hydroxylation is 1. The summed E-state index contributed by atoms with van der Waals surface area (Å²) in [5, 5.41) is 9.30. The third-order valence-corrected chi connectivity index (χ3v) is 4.23. The molecule has 19 heavy (non-hydrogen) atoms. The molecule has 0 bridgehead atoms. The first-order valence-electron chi connectivity index (χ1n) is 5.73. The van der Waals surface area contributed by atoms with Gasteiger partial charge in [0, 0.05) is 12.2 Å². The number of nitrogen functional groups attached to an aromatic ring is 1. The van der Waals surface area contributed by atoms with E-state index in [1.165, 1.54) is 7.05 Å². The number of nitrogens with one attached hydrogen (secondary N) is 1. The molecule has 0 unspecified atom stereocenters. The molecule has 0 saturated heterocycles. The highest BCUT2D eigenvalue weighted by Crippen LogP contribution is 2.19. The average molecular weight is 284 g/mol. The summed E-state index contributed by atoms with van der Waals surface area (Å²) in [6.45, 7) is -0.0341. The van der Waals surface area contributed by atoms with E-state index in [1.54, 1.807) is 22.8 Å². The minimum absolute atomic E-state index is 0.0770. The molecule has 4 N–H and O–H groups in total. The molecule has 0 saturated carbocycles. The van der Waals surface area contributed by atoms with Crippen LogP contribution in [0.2, 0.25) is 0 Å². The molecular weight excluding hydrogens is 268 g/mol. The fourth-order valence-corrected chi connectivity index (χ4v) is 2.51. The molecule has 0 radical (unpaired) electrons. The zero-order chi connectivity index (χ0) is 14.0. The summed E-state index contributed by atoms with van der Waals surface area (Å²) < 4.78 is 26.9. The van der Waals surface area contributed by atoms with Gasteiger partial charge in [-0.15, -0.1) is 0 Å². The van der Waals surface area contributed by atoms with Crippen LogP contribution in [-0.2, 0) is 23.2 Å². The Bertz CT molecular complexity index is 693. The van der Waals surface area contributed by atoms with Crippen molar-refractivity contribution in [3.05, 3.63) is 24.0 Å². The number of imidazole rings is 1. The molecule has 0 aliphatic heterocycles. The Hall–Kier alpha value is -1.64. The molecule has 0 aliphatic rings. The molecule has 1 heterocycles. The van der Waals surface area contributed by atoms with Crippen LogP contribution in [-0.4, -0.2) is 35.9 Å². The van der Waals surface area contributed by atoms with Crippen molar-refractivity contribution < 1.29 is 13.5 Å². The summed E-state index contributed by atoms with van der Waals surface area (Å²) in [6, 6.07) is 5.18. The molecule has 0 aliphatic carbocycles. The van der Waals surface area contributed by atoms with Gasteiger partial charge in [0.15, 0.2) is 0 Å². The molecule has 1 aromatic heterocycles. The second-order valence-corrected chi connectivity index (χ2v) is 6.15. The molecule has 0 amide bonds. The van der Waals surface area contributed by atoms with Crippen LogP contribution in [0.5, 0.6) is 0 Å². The quantitative estimate of drug-likeness (QED) is 0.651. The van der Waals surface area contributed by atoms with Gasteiger partial charge in [0.05, 0.1) is 16.8 Å². The van der Waals surface area contributed by atoms with Crippen molar-refractivity contribution in [3.63, 3.8) is 0 Å². The number of nitrogens with two attached hydrogens (primary N) is 1. The predicted molar refractivity (Wildman–Crippen MR) is 72.9 cm³/mol. The highest BCUT2D eigenvalue weighted by Gasteiger charge is 2.13. The second kappa shape index (κ2) is 5.16. The summed E-state index contributed by atoms with van der Waals surface area (Å²) in [5.41, 5.74) is 7.64. The Morgan fingerprint density at radius 2 is 2.21 bits per heavy atom. The second-order valence-electron chi connectivity index (χ2n) is 4.11. The first-order chi connectivity index (χ1) is 8.96. The van der Waals surface area contributed by atoms with Gasteiger partial charge in [-0.05, 0) is 25.2 Å². The summed E-state index contributed by atoms with van der Waals surface area (Å²) >= 11 is 0. The van der Waals surface area contributed by atoms with E-state index in [4.69, 9.17) is 5.73 Å². The maximum Gasteiger partial charge on any atom is 0.213 e. The lowest BCUT2D eigenvalue weighted by Crippen LogP contribution is -2.25. The standard InChI is InChI=1S/C11H16N4O3S/c1-13-19(17,18)5-4-15-10-3-2-8(12)6-9(10)14-11(15)7-16/h2-3,6,13,16H,4-5,7,12H2,1H3. The Kier molecular flexibility index (Phi) is 3.74. The van der Waals surface area contributed by atoms with Crippen LogP contribution in [0.1, 0.15) is 5.82 Å². The smallest absolute Gasteiger partial charge is 0.213 e.